The molecule has 128 valence electrons. The van der Waals surface area contributed by atoms with Crippen molar-refractivity contribution in [2.75, 3.05) is 26.2 Å². The van der Waals surface area contributed by atoms with Crippen LogP contribution in [0.5, 0.6) is 0 Å². The Balaban J connectivity index is 1.46. The Morgan fingerprint density at radius 3 is 2.83 bits per heavy atom. The van der Waals surface area contributed by atoms with E-state index in [1.807, 2.05) is 0 Å². The number of rotatable bonds is 3. The molecule has 0 radical (unpaired) electrons. The van der Waals surface area contributed by atoms with Crippen LogP contribution >= 0.6 is 11.3 Å². The Morgan fingerprint density at radius 2 is 2.13 bits per heavy atom. The van der Waals surface area contributed by atoms with Gasteiger partial charge in [-0.15, -0.1) is 11.3 Å². The number of nitrogens with zero attached hydrogens (tertiary/aromatic N) is 2. The molecule has 3 heterocycles. The molecule has 2 aliphatic rings. The predicted octanol–water partition coefficient (Wildman–Crippen LogP) is 3.15. The Hall–Kier alpha value is -1.21. The van der Waals surface area contributed by atoms with E-state index >= 15 is 0 Å². The summed E-state index contributed by atoms with van der Waals surface area (Å²) in [5, 5.41) is 5.10. The molecule has 2 fully saturated rings. The number of alkyl halides is 2. The summed E-state index contributed by atoms with van der Waals surface area (Å²) in [6.07, 6.45) is 1.55. The van der Waals surface area contributed by atoms with E-state index in [9.17, 15) is 13.6 Å². The smallest absolute Gasteiger partial charge is 0.317 e. The van der Waals surface area contributed by atoms with Crippen LogP contribution in [0, 0.1) is 0 Å². The van der Waals surface area contributed by atoms with Crippen LogP contribution in [0.15, 0.2) is 17.5 Å². The number of thiophene rings is 1. The zero-order valence-electron chi connectivity index (χ0n) is 13.1. The summed E-state index contributed by atoms with van der Waals surface area (Å²) in [4.78, 5) is 17.5. The maximum Gasteiger partial charge on any atom is 0.317 e. The highest BCUT2D eigenvalue weighted by Crippen LogP contribution is 2.27. The monoisotopic (exact) mass is 343 g/mol. The molecule has 0 aromatic carbocycles. The summed E-state index contributed by atoms with van der Waals surface area (Å²) in [6, 6.07) is 4.10. The molecule has 3 rings (SSSR count). The standard InChI is InChI=1S/C16H23F2N3OS/c17-16(18)5-8-21(9-6-16)15(22)19-13-3-1-7-20(11-13)12-14-4-2-10-23-14/h2,4,10,13H,1,3,5-9,11-12H2,(H,19,22)/t13-/m1/s1. The van der Waals surface area contributed by atoms with E-state index in [4.69, 9.17) is 0 Å². The van der Waals surface area contributed by atoms with Crippen molar-refractivity contribution in [3.05, 3.63) is 22.4 Å². The highest BCUT2D eigenvalue weighted by Gasteiger charge is 2.36. The third-order valence-corrected chi connectivity index (χ3v) is 5.44. The molecule has 0 aliphatic carbocycles. The lowest BCUT2D eigenvalue weighted by Gasteiger charge is -2.36. The first-order valence-corrected chi connectivity index (χ1v) is 9.08. The molecule has 2 aliphatic heterocycles. The summed E-state index contributed by atoms with van der Waals surface area (Å²) >= 11 is 1.75. The van der Waals surface area contributed by atoms with Gasteiger partial charge in [0.15, 0.2) is 0 Å². The number of likely N-dealkylation sites (tertiary alicyclic amines) is 2. The second-order valence-corrected chi connectivity index (χ2v) is 7.48. The van der Waals surface area contributed by atoms with Gasteiger partial charge in [-0.1, -0.05) is 6.07 Å². The molecule has 1 N–H and O–H groups in total. The third kappa shape index (κ3) is 4.64. The van der Waals surface area contributed by atoms with E-state index in [-0.39, 0.29) is 38.0 Å². The van der Waals surface area contributed by atoms with Crippen LogP contribution in [0.1, 0.15) is 30.6 Å². The summed E-state index contributed by atoms with van der Waals surface area (Å²) in [5.41, 5.74) is 0. The van der Waals surface area contributed by atoms with Crippen LogP contribution in [0.4, 0.5) is 13.6 Å². The average molecular weight is 343 g/mol. The predicted molar refractivity (Wildman–Crippen MR) is 86.9 cm³/mol. The van der Waals surface area contributed by atoms with Crippen molar-refractivity contribution in [1.29, 1.82) is 0 Å². The maximum absolute atomic E-state index is 13.2. The molecule has 2 saturated heterocycles. The molecule has 4 nitrogen and oxygen atoms in total. The van der Waals surface area contributed by atoms with Crippen LogP contribution < -0.4 is 5.32 Å². The zero-order valence-corrected chi connectivity index (χ0v) is 14.0. The molecular weight excluding hydrogens is 320 g/mol. The molecule has 7 heteroatoms. The van der Waals surface area contributed by atoms with Gasteiger partial charge in [-0.05, 0) is 30.8 Å². The minimum Gasteiger partial charge on any atom is -0.334 e. The molecule has 1 atom stereocenters. The lowest BCUT2D eigenvalue weighted by molar-refractivity contribution is -0.0472. The first-order chi connectivity index (χ1) is 11.0. The minimum atomic E-state index is -2.61. The summed E-state index contributed by atoms with van der Waals surface area (Å²) in [5.74, 6) is -2.61. The first kappa shape index (κ1) is 16.6. The number of hydrogen-bond donors (Lipinski definition) is 1. The van der Waals surface area contributed by atoms with Gasteiger partial charge >= 0.3 is 6.03 Å². The van der Waals surface area contributed by atoms with Gasteiger partial charge in [0.25, 0.3) is 5.92 Å². The number of carbonyl (C=O) groups excluding carboxylic acids is 1. The first-order valence-electron chi connectivity index (χ1n) is 8.20. The van der Waals surface area contributed by atoms with Crippen LogP contribution in [0.2, 0.25) is 0 Å². The Labute approximate surface area is 139 Å². The molecule has 1 aromatic rings. The summed E-state index contributed by atoms with van der Waals surface area (Å²) < 4.78 is 26.3. The normalized spacial score (nSPS) is 25.3. The fourth-order valence-electron chi connectivity index (χ4n) is 3.24. The maximum atomic E-state index is 13.2. The Morgan fingerprint density at radius 1 is 1.35 bits per heavy atom. The van der Waals surface area contributed by atoms with Crippen LogP contribution in [0.3, 0.4) is 0 Å². The number of urea groups is 1. The van der Waals surface area contributed by atoms with Gasteiger partial charge in [0.05, 0.1) is 0 Å². The van der Waals surface area contributed by atoms with E-state index in [2.05, 4.69) is 27.7 Å². The van der Waals surface area contributed by atoms with E-state index in [1.165, 1.54) is 9.78 Å². The number of nitrogens with one attached hydrogen (secondary N) is 1. The molecule has 0 bridgehead atoms. The zero-order chi connectivity index (χ0) is 16.3. The molecular formula is C16H23F2N3OS. The van der Waals surface area contributed by atoms with Crippen LogP contribution in [0.25, 0.3) is 0 Å². The van der Waals surface area contributed by atoms with Crippen molar-refractivity contribution in [3.63, 3.8) is 0 Å². The van der Waals surface area contributed by atoms with Gasteiger partial charge in [-0.2, -0.15) is 0 Å². The van der Waals surface area contributed by atoms with E-state index < -0.39 is 5.92 Å². The quantitative estimate of drug-likeness (QED) is 0.915. The molecule has 2 amide bonds. The summed E-state index contributed by atoms with van der Waals surface area (Å²) in [6.45, 7) is 3.07. The third-order valence-electron chi connectivity index (χ3n) is 4.57. The Bertz CT molecular complexity index is 513. The molecule has 0 saturated carbocycles. The van der Waals surface area contributed by atoms with E-state index in [1.54, 1.807) is 11.3 Å². The molecule has 0 unspecified atom stereocenters. The fraction of sp³-hybridized carbons (Fsp3) is 0.688. The second-order valence-electron chi connectivity index (χ2n) is 6.45. The molecule has 1 aromatic heterocycles. The topological polar surface area (TPSA) is 35.6 Å². The Kier molecular flexibility index (Phi) is 5.16. The van der Waals surface area contributed by atoms with Crippen molar-refractivity contribution in [2.45, 2.75) is 44.2 Å². The van der Waals surface area contributed by atoms with Gasteiger partial charge in [-0.3, -0.25) is 4.90 Å². The van der Waals surface area contributed by atoms with E-state index in [0.29, 0.717) is 0 Å². The highest BCUT2D eigenvalue weighted by molar-refractivity contribution is 7.09. The van der Waals surface area contributed by atoms with Crippen molar-refractivity contribution >= 4 is 17.4 Å². The second kappa shape index (κ2) is 7.13. The lowest BCUT2D eigenvalue weighted by Crippen LogP contribution is -2.53. The highest BCUT2D eigenvalue weighted by atomic mass is 32.1. The number of amides is 2. The SMILES string of the molecule is O=C(N[C@@H]1CCCN(Cc2cccs2)C1)N1CCC(F)(F)CC1. The lowest BCUT2D eigenvalue weighted by atomic mass is 10.1. The van der Waals surface area contributed by atoms with Crippen molar-refractivity contribution in [1.82, 2.24) is 15.1 Å². The van der Waals surface area contributed by atoms with Gasteiger partial charge in [-0.25, -0.2) is 13.6 Å². The number of carbonyl (C=O) groups is 1. The minimum absolute atomic E-state index is 0.110. The summed E-state index contributed by atoms with van der Waals surface area (Å²) in [7, 11) is 0. The van der Waals surface area contributed by atoms with Crippen LogP contribution in [-0.4, -0.2) is 54.0 Å². The van der Waals surface area contributed by atoms with Gasteiger partial charge in [0.2, 0.25) is 0 Å². The van der Waals surface area contributed by atoms with Crippen molar-refractivity contribution in [2.24, 2.45) is 0 Å². The van der Waals surface area contributed by atoms with Crippen molar-refractivity contribution < 1.29 is 13.6 Å². The van der Waals surface area contributed by atoms with Gasteiger partial charge in [0.1, 0.15) is 0 Å². The van der Waals surface area contributed by atoms with Crippen molar-refractivity contribution in [3.8, 4) is 0 Å². The molecule has 23 heavy (non-hydrogen) atoms. The van der Waals surface area contributed by atoms with E-state index in [0.717, 1.165) is 32.5 Å². The number of piperidine rings is 2. The number of hydrogen-bond acceptors (Lipinski definition) is 3. The largest absolute Gasteiger partial charge is 0.334 e. The molecule has 0 spiro atoms. The number of halogens is 2. The van der Waals surface area contributed by atoms with Crippen LogP contribution in [-0.2, 0) is 6.54 Å². The fourth-order valence-corrected chi connectivity index (χ4v) is 3.99. The average Bonchev–Trinajstić information content (AvgIpc) is 3.00. The van der Waals surface area contributed by atoms with Gasteiger partial charge in [0, 0.05) is 49.9 Å². The van der Waals surface area contributed by atoms with Gasteiger partial charge < -0.3 is 10.2 Å².